The lowest BCUT2D eigenvalue weighted by atomic mass is 9.90. The third kappa shape index (κ3) is 5.01. The van der Waals surface area contributed by atoms with Crippen LogP contribution >= 0.6 is 0 Å². The number of hydrogen-bond donors (Lipinski definition) is 1. The molecule has 118 valence electrons. The van der Waals surface area contributed by atoms with Crippen LogP contribution in [-0.2, 0) is 4.74 Å². The van der Waals surface area contributed by atoms with E-state index in [-0.39, 0.29) is 5.60 Å². The Hall–Kier alpha value is -1.06. The summed E-state index contributed by atoms with van der Waals surface area (Å²) in [6.45, 7) is 7.53. The standard InChI is InChI=1S/C18H30N2O/c1-4-18(2)15-16(11-14-21-18)19-12-8-13-20(3)17-9-6-5-7-10-17/h5-7,9-10,16,19H,4,8,11-15H2,1-3H3. The summed E-state index contributed by atoms with van der Waals surface area (Å²) in [4.78, 5) is 2.32. The first-order valence-corrected chi connectivity index (χ1v) is 8.26. The summed E-state index contributed by atoms with van der Waals surface area (Å²) < 4.78 is 5.90. The van der Waals surface area contributed by atoms with E-state index in [1.807, 2.05) is 0 Å². The van der Waals surface area contributed by atoms with Crippen molar-refractivity contribution in [3.63, 3.8) is 0 Å². The Labute approximate surface area is 129 Å². The summed E-state index contributed by atoms with van der Waals surface area (Å²) in [6, 6.07) is 11.2. The van der Waals surface area contributed by atoms with Crippen LogP contribution in [-0.4, -0.2) is 38.4 Å². The van der Waals surface area contributed by atoms with Crippen molar-refractivity contribution in [1.29, 1.82) is 0 Å². The molecule has 0 spiro atoms. The molecule has 1 aliphatic heterocycles. The quantitative estimate of drug-likeness (QED) is 0.778. The largest absolute Gasteiger partial charge is 0.375 e. The first-order chi connectivity index (χ1) is 10.1. The Kier molecular flexibility index (Phi) is 6.07. The predicted octanol–water partition coefficient (Wildman–Crippen LogP) is 3.45. The molecule has 21 heavy (non-hydrogen) atoms. The first kappa shape index (κ1) is 16.3. The van der Waals surface area contributed by atoms with Crippen molar-refractivity contribution in [2.24, 2.45) is 0 Å². The molecule has 0 radical (unpaired) electrons. The van der Waals surface area contributed by atoms with Gasteiger partial charge in [0.15, 0.2) is 0 Å². The monoisotopic (exact) mass is 290 g/mol. The second-order valence-corrected chi connectivity index (χ2v) is 6.41. The van der Waals surface area contributed by atoms with E-state index in [0.29, 0.717) is 6.04 Å². The van der Waals surface area contributed by atoms with Crippen LogP contribution in [0.1, 0.15) is 39.5 Å². The van der Waals surface area contributed by atoms with Crippen LogP contribution in [0.2, 0.25) is 0 Å². The molecule has 0 aliphatic carbocycles. The van der Waals surface area contributed by atoms with Crippen LogP contribution in [0.15, 0.2) is 30.3 Å². The van der Waals surface area contributed by atoms with E-state index >= 15 is 0 Å². The molecule has 2 atom stereocenters. The van der Waals surface area contributed by atoms with Crippen LogP contribution in [0.4, 0.5) is 5.69 Å². The second kappa shape index (κ2) is 7.81. The minimum absolute atomic E-state index is 0.0801. The smallest absolute Gasteiger partial charge is 0.0666 e. The maximum atomic E-state index is 5.90. The fraction of sp³-hybridized carbons (Fsp3) is 0.667. The van der Waals surface area contributed by atoms with Gasteiger partial charge in [-0.1, -0.05) is 25.1 Å². The number of para-hydroxylation sites is 1. The summed E-state index contributed by atoms with van der Waals surface area (Å²) in [5, 5.41) is 3.71. The molecule has 0 bridgehead atoms. The Morgan fingerprint density at radius 1 is 1.33 bits per heavy atom. The molecular formula is C18H30N2O. The fourth-order valence-electron chi connectivity index (χ4n) is 2.98. The van der Waals surface area contributed by atoms with Crippen molar-refractivity contribution in [2.75, 3.05) is 31.6 Å². The average molecular weight is 290 g/mol. The minimum atomic E-state index is 0.0801. The molecule has 0 saturated carbocycles. The Bertz CT molecular complexity index is 409. The lowest BCUT2D eigenvalue weighted by Crippen LogP contribution is -2.45. The third-order valence-electron chi connectivity index (χ3n) is 4.64. The summed E-state index contributed by atoms with van der Waals surface area (Å²) in [5.74, 6) is 0. The van der Waals surface area contributed by atoms with Gasteiger partial charge in [-0.2, -0.15) is 0 Å². The fourth-order valence-corrected chi connectivity index (χ4v) is 2.98. The number of benzene rings is 1. The van der Waals surface area contributed by atoms with Gasteiger partial charge in [0.25, 0.3) is 0 Å². The number of ether oxygens (including phenoxy) is 1. The molecule has 2 unspecified atom stereocenters. The Morgan fingerprint density at radius 3 is 2.81 bits per heavy atom. The summed E-state index contributed by atoms with van der Waals surface area (Å²) in [6.07, 6.45) is 4.55. The predicted molar refractivity (Wildman–Crippen MR) is 90.0 cm³/mol. The molecule has 3 nitrogen and oxygen atoms in total. The van der Waals surface area contributed by atoms with E-state index in [2.05, 4.69) is 61.4 Å². The molecule has 1 fully saturated rings. The molecule has 2 rings (SSSR count). The van der Waals surface area contributed by atoms with Crippen molar-refractivity contribution in [3.8, 4) is 0 Å². The van der Waals surface area contributed by atoms with E-state index in [0.717, 1.165) is 39.0 Å². The molecule has 1 saturated heterocycles. The van der Waals surface area contributed by atoms with Gasteiger partial charge in [0.2, 0.25) is 0 Å². The molecule has 1 heterocycles. The van der Waals surface area contributed by atoms with Crippen molar-refractivity contribution >= 4 is 5.69 Å². The number of hydrogen-bond acceptors (Lipinski definition) is 3. The lowest BCUT2D eigenvalue weighted by Gasteiger charge is -2.38. The molecule has 1 aromatic rings. The van der Waals surface area contributed by atoms with E-state index in [1.54, 1.807) is 0 Å². The van der Waals surface area contributed by atoms with Gasteiger partial charge in [-0.05, 0) is 51.3 Å². The minimum Gasteiger partial charge on any atom is -0.375 e. The van der Waals surface area contributed by atoms with Crippen LogP contribution in [0.25, 0.3) is 0 Å². The van der Waals surface area contributed by atoms with Gasteiger partial charge in [0.05, 0.1) is 5.60 Å². The van der Waals surface area contributed by atoms with Gasteiger partial charge in [-0.25, -0.2) is 0 Å². The maximum Gasteiger partial charge on any atom is 0.0666 e. The van der Waals surface area contributed by atoms with E-state index in [4.69, 9.17) is 4.74 Å². The van der Waals surface area contributed by atoms with Gasteiger partial charge >= 0.3 is 0 Å². The van der Waals surface area contributed by atoms with Crippen LogP contribution in [0.3, 0.4) is 0 Å². The number of nitrogens with zero attached hydrogens (tertiary/aromatic N) is 1. The van der Waals surface area contributed by atoms with Gasteiger partial charge in [-0.3, -0.25) is 0 Å². The zero-order chi connectivity index (χ0) is 15.1. The molecule has 1 aliphatic rings. The van der Waals surface area contributed by atoms with Crippen LogP contribution in [0, 0.1) is 0 Å². The second-order valence-electron chi connectivity index (χ2n) is 6.41. The first-order valence-electron chi connectivity index (χ1n) is 8.26. The van der Waals surface area contributed by atoms with Gasteiger partial charge in [0, 0.05) is 31.9 Å². The maximum absolute atomic E-state index is 5.90. The van der Waals surface area contributed by atoms with Crippen molar-refractivity contribution in [3.05, 3.63) is 30.3 Å². The topological polar surface area (TPSA) is 24.5 Å². The molecule has 1 N–H and O–H groups in total. The molecule has 3 heteroatoms. The highest BCUT2D eigenvalue weighted by atomic mass is 16.5. The highest BCUT2D eigenvalue weighted by Gasteiger charge is 2.31. The number of nitrogens with one attached hydrogen (secondary N) is 1. The summed E-state index contributed by atoms with van der Waals surface area (Å²) in [5.41, 5.74) is 1.37. The molecule has 0 amide bonds. The third-order valence-corrected chi connectivity index (χ3v) is 4.64. The number of rotatable bonds is 7. The zero-order valence-corrected chi connectivity index (χ0v) is 13.8. The summed E-state index contributed by atoms with van der Waals surface area (Å²) >= 11 is 0. The number of anilines is 1. The average Bonchev–Trinajstić information content (AvgIpc) is 2.52. The zero-order valence-electron chi connectivity index (χ0n) is 13.8. The van der Waals surface area contributed by atoms with Crippen molar-refractivity contribution in [1.82, 2.24) is 5.32 Å². The van der Waals surface area contributed by atoms with Crippen molar-refractivity contribution in [2.45, 2.75) is 51.2 Å². The van der Waals surface area contributed by atoms with Gasteiger partial charge in [0.1, 0.15) is 0 Å². The van der Waals surface area contributed by atoms with Crippen LogP contribution in [0.5, 0.6) is 0 Å². The lowest BCUT2D eigenvalue weighted by molar-refractivity contribution is -0.0778. The Balaban J connectivity index is 1.66. The van der Waals surface area contributed by atoms with E-state index < -0.39 is 0 Å². The normalized spacial score (nSPS) is 25.8. The van der Waals surface area contributed by atoms with Crippen LogP contribution < -0.4 is 10.2 Å². The highest BCUT2D eigenvalue weighted by molar-refractivity contribution is 5.44. The van der Waals surface area contributed by atoms with Crippen molar-refractivity contribution < 1.29 is 4.74 Å². The Morgan fingerprint density at radius 2 is 2.10 bits per heavy atom. The molecule has 1 aromatic carbocycles. The summed E-state index contributed by atoms with van der Waals surface area (Å²) in [7, 11) is 2.16. The SMILES string of the molecule is CCC1(C)CC(NCCCN(C)c2ccccc2)CCO1. The van der Waals surface area contributed by atoms with Gasteiger partial charge in [-0.15, -0.1) is 0 Å². The van der Waals surface area contributed by atoms with E-state index in [1.165, 1.54) is 12.1 Å². The van der Waals surface area contributed by atoms with Gasteiger partial charge < -0.3 is 15.0 Å². The molecular weight excluding hydrogens is 260 g/mol. The molecule has 0 aromatic heterocycles. The van der Waals surface area contributed by atoms with E-state index in [9.17, 15) is 0 Å². The highest BCUT2D eigenvalue weighted by Crippen LogP contribution is 2.27.